The van der Waals surface area contributed by atoms with Gasteiger partial charge in [0.1, 0.15) is 5.60 Å². The third-order valence-electron chi connectivity index (χ3n) is 2.03. The first-order valence-electron chi connectivity index (χ1n) is 5.92. The second-order valence-electron chi connectivity index (χ2n) is 4.84. The van der Waals surface area contributed by atoms with E-state index < -0.39 is 24.1 Å². The maximum absolute atomic E-state index is 11.7. The minimum Gasteiger partial charge on any atom is -0.443 e. The molecule has 0 aliphatic carbocycles. The Morgan fingerprint density at radius 1 is 1.39 bits per heavy atom. The topological polar surface area (TPSA) is 77.1 Å². The second-order valence-corrected chi connectivity index (χ2v) is 4.84. The van der Waals surface area contributed by atoms with Crippen LogP contribution in [0.25, 0.3) is 0 Å². The molecule has 1 aliphatic heterocycles. The van der Waals surface area contributed by atoms with Crippen molar-refractivity contribution in [3.05, 3.63) is 0 Å². The van der Waals surface area contributed by atoms with Crippen molar-refractivity contribution in [1.82, 2.24) is 10.4 Å². The molecule has 1 unspecified atom stereocenters. The molecule has 0 saturated carbocycles. The molecule has 1 heterocycles. The zero-order valence-corrected chi connectivity index (χ0v) is 11.2. The fourth-order valence-electron chi connectivity index (χ4n) is 1.36. The number of carbonyl (C=O) groups is 2. The van der Waals surface area contributed by atoms with E-state index in [1.165, 1.54) is 5.01 Å². The summed E-state index contributed by atoms with van der Waals surface area (Å²) >= 11 is 0. The van der Waals surface area contributed by atoms with Crippen LogP contribution in [0, 0.1) is 0 Å². The van der Waals surface area contributed by atoms with Crippen LogP contribution in [0.2, 0.25) is 0 Å². The maximum atomic E-state index is 11.7. The highest BCUT2D eigenvalue weighted by molar-refractivity contribution is 5.68. The molecule has 18 heavy (non-hydrogen) atoms. The number of hydrazine groups is 1. The van der Waals surface area contributed by atoms with E-state index in [0.717, 1.165) is 0 Å². The average Bonchev–Trinajstić information content (AvgIpc) is 2.63. The predicted molar refractivity (Wildman–Crippen MR) is 62.6 cm³/mol. The predicted octanol–water partition coefficient (Wildman–Crippen LogP) is 1.63. The van der Waals surface area contributed by atoms with Crippen molar-refractivity contribution in [2.24, 2.45) is 0 Å². The van der Waals surface area contributed by atoms with Crippen LogP contribution in [0.1, 0.15) is 34.1 Å². The van der Waals surface area contributed by atoms with Gasteiger partial charge in [0.2, 0.25) is 0 Å². The standard InChI is InChI=1S/C11H20N2O5/c1-5-16-10(15)17-8-6-7-13(12-8)9(14)18-11(2,3)4/h8,12H,5-7H2,1-4H3. The number of hydrogen-bond donors (Lipinski definition) is 1. The summed E-state index contributed by atoms with van der Waals surface area (Å²) in [4.78, 5) is 22.8. The Morgan fingerprint density at radius 2 is 2.06 bits per heavy atom. The van der Waals surface area contributed by atoms with Gasteiger partial charge in [-0.1, -0.05) is 0 Å². The molecule has 1 rings (SSSR count). The number of rotatable bonds is 2. The molecule has 0 aromatic rings. The minimum atomic E-state index is -0.749. The van der Waals surface area contributed by atoms with Crippen molar-refractivity contribution < 1.29 is 23.8 Å². The molecule has 1 amide bonds. The number of ether oxygens (including phenoxy) is 3. The zero-order chi connectivity index (χ0) is 13.8. The van der Waals surface area contributed by atoms with E-state index in [9.17, 15) is 9.59 Å². The van der Waals surface area contributed by atoms with E-state index in [-0.39, 0.29) is 6.61 Å². The van der Waals surface area contributed by atoms with Gasteiger partial charge in [0.15, 0.2) is 6.23 Å². The molecule has 0 aromatic heterocycles. The van der Waals surface area contributed by atoms with Gasteiger partial charge in [0, 0.05) is 13.0 Å². The Hall–Kier alpha value is -1.50. The highest BCUT2D eigenvalue weighted by atomic mass is 16.7. The third kappa shape index (κ3) is 4.79. The molecule has 7 heteroatoms. The lowest BCUT2D eigenvalue weighted by molar-refractivity contribution is -0.00716. The van der Waals surface area contributed by atoms with Crippen LogP contribution in [0.4, 0.5) is 9.59 Å². The average molecular weight is 260 g/mol. The lowest BCUT2D eigenvalue weighted by Crippen LogP contribution is -2.44. The quantitative estimate of drug-likeness (QED) is 0.760. The third-order valence-corrected chi connectivity index (χ3v) is 2.03. The van der Waals surface area contributed by atoms with Crippen LogP contribution in [-0.4, -0.2) is 42.2 Å². The van der Waals surface area contributed by atoms with Gasteiger partial charge in [-0.15, -0.1) is 0 Å². The van der Waals surface area contributed by atoms with Crippen LogP contribution in [-0.2, 0) is 14.2 Å². The Bertz CT molecular complexity index is 313. The highest BCUT2D eigenvalue weighted by Crippen LogP contribution is 2.13. The van der Waals surface area contributed by atoms with Crippen molar-refractivity contribution >= 4 is 12.2 Å². The smallest absolute Gasteiger partial charge is 0.443 e. The van der Waals surface area contributed by atoms with E-state index in [4.69, 9.17) is 9.47 Å². The summed E-state index contributed by atoms with van der Waals surface area (Å²) in [5.41, 5.74) is 2.18. The van der Waals surface area contributed by atoms with E-state index in [0.29, 0.717) is 13.0 Å². The van der Waals surface area contributed by atoms with E-state index in [2.05, 4.69) is 10.2 Å². The maximum Gasteiger partial charge on any atom is 0.509 e. The van der Waals surface area contributed by atoms with Crippen LogP contribution < -0.4 is 5.43 Å². The summed E-state index contributed by atoms with van der Waals surface area (Å²) in [6.07, 6.45) is -1.30. The summed E-state index contributed by atoms with van der Waals surface area (Å²) in [6, 6.07) is 0. The molecule has 1 saturated heterocycles. The molecular formula is C11H20N2O5. The van der Waals surface area contributed by atoms with E-state index >= 15 is 0 Å². The van der Waals surface area contributed by atoms with Gasteiger partial charge in [-0.3, -0.25) is 0 Å². The van der Waals surface area contributed by atoms with Crippen LogP contribution in [0.15, 0.2) is 0 Å². The zero-order valence-electron chi connectivity index (χ0n) is 11.2. The van der Waals surface area contributed by atoms with Crippen LogP contribution in [0.5, 0.6) is 0 Å². The summed E-state index contributed by atoms with van der Waals surface area (Å²) in [5, 5.41) is 1.29. The van der Waals surface area contributed by atoms with Crippen molar-refractivity contribution in [3.8, 4) is 0 Å². The summed E-state index contributed by atoms with van der Waals surface area (Å²) in [7, 11) is 0. The Labute approximate surface area is 106 Å². The van der Waals surface area contributed by atoms with Crippen molar-refractivity contribution in [2.75, 3.05) is 13.2 Å². The van der Waals surface area contributed by atoms with Gasteiger partial charge in [0.05, 0.1) is 6.61 Å². The Morgan fingerprint density at radius 3 is 2.61 bits per heavy atom. The normalized spacial score (nSPS) is 19.6. The fraction of sp³-hybridized carbons (Fsp3) is 0.818. The van der Waals surface area contributed by atoms with Crippen LogP contribution in [0.3, 0.4) is 0 Å². The molecule has 7 nitrogen and oxygen atoms in total. The number of nitrogens with zero attached hydrogens (tertiary/aromatic N) is 1. The van der Waals surface area contributed by atoms with Gasteiger partial charge in [-0.05, 0) is 27.7 Å². The molecule has 0 bridgehead atoms. The fourth-order valence-corrected chi connectivity index (χ4v) is 1.36. The number of hydrogen-bond acceptors (Lipinski definition) is 6. The molecule has 1 N–H and O–H groups in total. The van der Waals surface area contributed by atoms with Gasteiger partial charge in [0.25, 0.3) is 0 Å². The summed E-state index contributed by atoms with van der Waals surface area (Å²) in [5.74, 6) is 0. The first kappa shape index (κ1) is 14.6. The summed E-state index contributed by atoms with van der Waals surface area (Å²) in [6.45, 7) is 7.71. The lowest BCUT2D eigenvalue weighted by atomic mass is 10.2. The van der Waals surface area contributed by atoms with Gasteiger partial charge in [-0.25, -0.2) is 14.6 Å². The number of amides is 1. The van der Waals surface area contributed by atoms with Crippen molar-refractivity contribution in [1.29, 1.82) is 0 Å². The number of nitrogens with one attached hydrogen (secondary N) is 1. The largest absolute Gasteiger partial charge is 0.509 e. The molecule has 0 spiro atoms. The molecule has 1 atom stereocenters. The van der Waals surface area contributed by atoms with E-state index in [1.54, 1.807) is 27.7 Å². The second kappa shape index (κ2) is 5.90. The molecule has 0 aromatic carbocycles. The molecule has 0 radical (unpaired) electrons. The van der Waals surface area contributed by atoms with Crippen molar-refractivity contribution in [3.63, 3.8) is 0 Å². The lowest BCUT2D eigenvalue weighted by Gasteiger charge is -2.24. The molecule has 1 fully saturated rings. The number of carbonyl (C=O) groups excluding carboxylic acids is 2. The molecule has 1 aliphatic rings. The van der Waals surface area contributed by atoms with Crippen molar-refractivity contribution in [2.45, 2.75) is 45.9 Å². The van der Waals surface area contributed by atoms with Gasteiger partial charge >= 0.3 is 12.2 Å². The first-order valence-corrected chi connectivity index (χ1v) is 5.92. The van der Waals surface area contributed by atoms with Gasteiger partial charge in [-0.2, -0.15) is 5.43 Å². The van der Waals surface area contributed by atoms with Crippen LogP contribution >= 0.6 is 0 Å². The van der Waals surface area contributed by atoms with Gasteiger partial charge < -0.3 is 14.2 Å². The monoisotopic (exact) mass is 260 g/mol. The summed E-state index contributed by atoms with van der Waals surface area (Å²) < 4.78 is 14.8. The van der Waals surface area contributed by atoms with E-state index in [1.807, 2.05) is 0 Å². The Balaban J connectivity index is 2.37. The molecule has 104 valence electrons. The SMILES string of the molecule is CCOC(=O)OC1CCN(C(=O)OC(C)(C)C)N1. The first-order chi connectivity index (χ1) is 8.31. The molecular weight excluding hydrogens is 240 g/mol. The Kier molecular flexibility index (Phi) is 4.77. The highest BCUT2D eigenvalue weighted by Gasteiger charge is 2.31. The minimum absolute atomic E-state index is 0.251.